The van der Waals surface area contributed by atoms with Crippen molar-refractivity contribution >= 4 is 0 Å². The molecule has 1 N–H and O–H groups in total. The first kappa shape index (κ1) is 10.1. The average Bonchev–Trinajstić information content (AvgIpc) is 2.10. The summed E-state index contributed by atoms with van der Waals surface area (Å²) in [5.41, 5.74) is 0.714. The molecular weight excluding hydrogens is 186 g/mol. The summed E-state index contributed by atoms with van der Waals surface area (Å²) in [6, 6.07) is 0. The van der Waals surface area contributed by atoms with Gasteiger partial charge in [-0.25, -0.2) is 0 Å². The maximum absolute atomic E-state index is 3.40. The Bertz CT molecular complexity index is 221. The van der Waals surface area contributed by atoms with Crippen LogP contribution in [0.2, 0.25) is 0 Å². The standard InChI is InChI=1S/C12H23N3/c1-14-4-2-11(3-5-14)6-15-9-12(10-15)7-13-8-12/h11,13H,2-10H2,1H3. The van der Waals surface area contributed by atoms with Crippen molar-refractivity contribution in [1.29, 1.82) is 0 Å². The third-order valence-corrected chi connectivity index (χ3v) is 4.47. The minimum Gasteiger partial charge on any atom is -0.315 e. The van der Waals surface area contributed by atoms with Crippen molar-refractivity contribution in [1.82, 2.24) is 15.1 Å². The molecule has 3 heterocycles. The van der Waals surface area contributed by atoms with Gasteiger partial charge in [0, 0.05) is 38.1 Å². The Labute approximate surface area is 92.8 Å². The highest BCUT2D eigenvalue weighted by Crippen LogP contribution is 2.35. The summed E-state index contributed by atoms with van der Waals surface area (Å²) >= 11 is 0. The van der Waals surface area contributed by atoms with Gasteiger partial charge in [0.25, 0.3) is 0 Å². The Morgan fingerprint density at radius 1 is 1.20 bits per heavy atom. The molecule has 0 aromatic rings. The molecule has 3 aliphatic rings. The average molecular weight is 209 g/mol. The molecule has 1 spiro atoms. The molecule has 3 saturated heterocycles. The van der Waals surface area contributed by atoms with Crippen LogP contribution in [0.1, 0.15) is 12.8 Å². The highest BCUT2D eigenvalue weighted by atomic mass is 15.3. The largest absolute Gasteiger partial charge is 0.315 e. The Balaban J connectivity index is 1.40. The second kappa shape index (κ2) is 3.72. The molecule has 15 heavy (non-hydrogen) atoms. The van der Waals surface area contributed by atoms with E-state index in [9.17, 15) is 0 Å². The zero-order chi connectivity index (χ0) is 10.3. The lowest BCUT2D eigenvalue weighted by Crippen LogP contribution is -2.71. The van der Waals surface area contributed by atoms with Crippen LogP contribution >= 0.6 is 0 Å². The maximum atomic E-state index is 3.40. The number of piperidine rings is 1. The van der Waals surface area contributed by atoms with Gasteiger partial charge >= 0.3 is 0 Å². The molecule has 3 nitrogen and oxygen atoms in total. The monoisotopic (exact) mass is 209 g/mol. The first-order valence-corrected chi connectivity index (χ1v) is 6.37. The van der Waals surface area contributed by atoms with Gasteiger partial charge in [-0.1, -0.05) is 0 Å². The van der Waals surface area contributed by atoms with E-state index in [2.05, 4.69) is 22.2 Å². The van der Waals surface area contributed by atoms with Crippen LogP contribution in [0.3, 0.4) is 0 Å². The molecule has 3 fully saturated rings. The molecule has 3 heteroatoms. The van der Waals surface area contributed by atoms with Crippen molar-refractivity contribution < 1.29 is 0 Å². The molecule has 0 aliphatic carbocycles. The predicted octanol–water partition coefficient (Wildman–Crippen LogP) is 0.233. The number of hydrogen-bond donors (Lipinski definition) is 1. The number of rotatable bonds is 2. The van der Waals surface area contributed by atoms with Crippen molar-refractivity contribution in [2.24, 2.45) is 11.3 Å². The van der Waals surface area contributed by atoms with Crippen molar-refractivity contribution in [3.63, 3.8) is 0 Å². The van der Waals surface area contributed by atoms with E-state index >= 15 is 0 Å². The van der Waals surface area contributed by atoms with E-state index in [1.165, 1.54) is 58.7 Å². The van der Waals surface area contributed by atoms with Gasteiger partial charge in [-0.2, -0.15) is 0 Å². The van der Waals surface area contributed by atoms with Crippen LogP contribution in [-0.2, 0) is 0 Å². The molecule has 86 valence electrons. The molecule has 3 aliphatic heterocycles. The number of likely N-dealkylation sites (tertiary alicyclic amines) is 2. The lowest BCUT2D eigenvalue weighted by molar-refractivity contribution is -0.0507. The zero-order valence-corrected chi connectivity index (χ0v) is 9.84. The molecule has 0 amide bonds. The molecule has 0 saturated carbocycles. The molecule has 0 bridgehead atoms. The zero-order valence-electron chi connectivity index (χ0n) is 9.84. The third-order valence-electron chi connectivity index (χ3n) is 4.47. The topological polar surface area (TPSA) is 18.5 Å². The molecular formula is C12H23N3. The van der Waals surface area contributed by atoms with Gasteiger partial charge in [0.2, 0.25) is 0 Å². The summed E-state index contributed by atoms with van der Waals surface area (Å²) in [6.07, 6.45) is 2.83. The van der Waals surface area contributed by atoms with E-state index in [1.54, 1.807) is 0 Å². The van der Waals surface area contributed by atoms with Gasteiger partial charge in [0.15, 0.2) is 0 Å². The van der Waals surface area contributed by atoms with Gasteiger partial charge in [0.1, 0.15) is 0 Å². The summed E-state index contributed by atoms with van der Waals surface area (Å²) in [7, 11) is 2.24. The van der Waals surface area contributed by atoms with Crippen molar-refractivity contribution in [3.05, 3.63) is 0 Å². The highest BCUT2D eigenvalue weighted by molar-refractivity contribution is 5.04. The van der Waals surface area contributed by atoms with E-state index < -0.39 is 0 Å². The van der Waals surface area contributed by atoms with E-state index in [-0.39, 0.29) is 0 Å². The van der Waals surface area contributed by atoms with Gasteiger partial charge in [-0.15, -0.1) is 0 Å². The van der Waals surface area contributed by atoms with Crippen LogP contribution in [-0.4, -0.2) is 62.7 Å². The minimum absolute atomic E-state index is 0.714. The Morgan fingerprint density at radius 2 is 1.87 bits per heavy atom. The number of nitrogens with one attached hydrogen (secondary N) is 1. The fourth-order valence-electron chi connectivity index (χ4n) is 3.34. The van der Waals surface area contributed by atoms with Crippen LogP contribution in [0.15, 0.2) is 0 Å². The van der Waals surface area contributed by atoms with Crippen LogP contribution in [0.25, 0.3) is 0 Å². The summed E-state index contributed by atoms with van der Waals surface area (Å²) < 4.78 is 0. The smallest absolute Gasteiger partial charge is 0.0207 e. The number of hydrogen-bond acceptors (Lipinski definition) is 3. The second-order valence-electron chi connectivity index (χ2n) is 6.02. The van der Waals surface area contributed by atoms with E-state index in [1.807, 2.05) is 0 Å². The van der Waals surface area contributed by atoms with Crippen molar-refractivity contribution in [3.8, 4) is 0 Å². The Kier molecular flexibility index (Phi) is 2.49. The fraction of sp³-hybridized carbons (Fsp3) is 1.00. The summed E-state index contributed by atoms with van der Waals surface area (Å²) in [6.45, 7) is 9.28. The van der Waals surface area contributed by atoms with E-state index in [0.29, 0.717) is 5.41 Å². The van der Waals surface area contributed by atoms with Crippen LogP contribution < -0.4 is 5.32 Å². The van der Waals surface area contributed by atoms with Crippen molar-refractivity contribution in [2.45, 2.75) is 12.8 Å². The second-order valence-corrected chi connectivity index (χ2v) is 6.02. The Hall–Kier alpha value is -0.120. The Morgan fingerprint density at radius 3 is 2.40 bits per heavy atom. The minimum atomic E-state index is 0.714. The number of nitrogens with zero attached hydrogens (tertiary/aromatic N) is 2. The quantitative estimate of drug-likeness (QED) is 0.702. The summed E-state index contributed by atoms with van der Waals surface area (Å²) in [5, 5.41) is 3.40. The third kappa shape index (κ3) is 1.93. The SMILES string of the molecule is CN1CCC(CN2CC3(CNC3)C2)CC1. The highest BCUT2D eigenvalue weighted by Gasteiger charge is 2.47. The van der Waals surface area contributed by atoms with Crippen LogP contribution in [0, 0.1) is 11.3 Å². The molecule has 0 aromatic heterocycles. The molecule has 3 rings (SSSR count). The van der Waals surface area contributed by atoms with Gasteiger partial charge < -0.3 is 15.1 Å². The first-order chi connectivity index (χ1) is 7.26. The van der Waals surface area contributed by atoms with Crippen LogP contribution in [0.4, 0.5) is 0 Å². The lowest BCUT2D eigenvalue weighted by Gasteiger charge is -2.57. The van der Waals surface area contributed by atoms with E-state index in [4.69, 9.17) is 0 Å². The fourth-order valence-corrected chi connectivity index (χ4v) is 3.34. The maximum Gasteiger partial charge on any atom is 0.0207 e. The molecule has 0 atom stereocenters. The summed E-state index contributed by atoms with van der Waals surface area (Å²) in [5.74, 6) is 0.978. The summed E-state index contributed by atoms with van der Waals surface area (Å²) in [4.78, 5) is 5.14. The molecule has 0 aromatic carbocycles. The van der Waals surface area contributed by atoms with E-state index in [0.717, 1.165) is 5.92 Å². The normalized spacial score (nSPS) is 32.6. The predicted molar refractivity (Wildman–Crippen MR) is 62.0 cm³/mol. The molecule has 0 unspecified atom stereocenters. The first-order valence-electron chi connectivity index (χ1n) is 6.37. The van der Waals surface area contributed by atoms with Gasteiger partial charge in [0.05, 0.1) is 0 Å². The van der Waals surface area contributed by atoms with Gasteiger partial charge in [-0.3, -0.25) is 0 Å². The van der Waals surface area contributed by atoms with Crippen LogP contribution in [0.5, 0.6) is 0 Å². The van der Waals surface area contributed by atoms with Crippen molar-refractivity contribution in [2.75, 3.05) is 52.9 Å². The molecule has 0 radical (unpaired) electrons. The lowest BCUT2D eigenvalue weighted by atomic mass is 9.74. The van der Waals surface area contributed by atoms with Gasteiger partial charge in [-0.05, 0) is 38.9 Å².